The van der Waals surface area contributed by atoms with E-state index in [1.807, 2.05) is 66.7 Å². The highest BCUT2D eigenvalue weighted by molar-refractivity contribution is 6.03. The summed E-state index contributed by atoms with van der Waals surface area (Å²) in [5.41, 5.74) is 7.32. The minimum Gasteiger partial charge on any atom is -0.445 e. The molecule has 5 N–H and O–H groups in total. The number of carbonyl (C=O) groups excluding carboxylic acids is 3. The second-order valence-electron chi connectivity index (χ2n) is 8.89. The molecule has 0 aliphatic heterocycles. The molecule has 0 fully saturated rings. The highest BCUT2D eigenvalue weighted by atomic mass is 16.5. The first-order chi connectivity index (χ1) is 17.8. The number of nitrogens with two attached hydrogens (primary N) is 1. The normalized spacial score (nSPS) is 13.5. The van der Waals surface area contributed by atoms with Crippen LogP contribution in [-0.2, 0) is 27.4 Å². The monoisotopic (exact) mass is 499 g/mol. The molecule has 3 amide bonds. The summed E-state index contributed by atoms with van der Waals surface area (Å²) >= 11 is 0. The van der Waals surface area contributed by atoms with Gasteiger partial charge in [-0.05, 0) is 45.7 Å². The maximum atomic E-state index is 13.1. The zero-order valence-electron chi connectivity index (χ0n) is 20.4. The molecule has 0 spiro atoms. The fourth-order valence-corrected chi connectivity index (χ4v) is 4.31. The van der Waals surface area contributed by atoms with Gasteiger partial charge in [-0.1, -0.05) is 78.9 Å². The number of aliphatic hydroxyl groups is 1. The molecule has 8 heteroatoms. The molecule has 0 saturated heterocycles. The Kier molecular flexibility index (Phi) is 8.00. The Morgan fingerprint density at radius 3 is 2.00 bits per heavy atom. The van der Waals surface area contributed by atoms with Crippen molar-refractivity contribution in [2.45, 2.75) is 38.1 Å². The molecule has 0 bridgehead atoms. The van der Waals surface area contributed by atoms with E-state index in [-0.39, 0.29) is 13.0 Å². The van der Waals surface area contributed by atoms with Crippen LogP contribution in [0.15, 0.2) is 84.9 Å². The smallest absolute Gasteiger partial charge is 0.408 e. The lowest BCUT2D eigenvalue weighted by Gasteiger charge is -2.24. The summed E-state index contributed by atoms with van der Waals surface area (Å²) in [6, 6.07) is 24.3. The van der Waals surface area contributed by atoms with Crippen LogP contribution < -0.4 is 16.4 Å². The summed E-state index contributed by atoms with van der Waals surface area (Å²) in [5.74, 6) is -1.48. The highest BCUT2D eigenvalue weighted by Crippen LogP contribution is 2.29. The van der Waals surface area contributed by atoms with Crippen LogP contribution in [0.3, 0.4) is 0 Å². The van der Waals surface area contributed by atoms with Crippen molar-refractivity contribution >= 4 is 39.5 Å². The van der Waals surface area contributed by atoms with Crippen molar-refractivity contribution in [3.63, 3.8) is 0 Å². The molecule has 3 atom stereocenters. The van der Waals surface area contributed by atoms with Gasteiger partial charge in [0.05, 0.1) is 6.10 Å². The van der Waals surface area contributed by atoms with Gasteiger partial charge in [-0.2, -0.15) is 0 Å². The van der Waals surface area contributed by atoms with Crippen LogP contribution in [0.25, 0.3) is 21.5 Å². The van der Waals surface area contributed by atoms with Crippen LogP contribution in [-0.4, -0.2) is 41.2 Å². The first kappa shape index (κ1) is 25.7. The number of primary amides is 1. The number of hydrogen-bond acceptors (Lipinski definition) is 5. The molecule has 0 aliphatic carbocycles. The molecule has 8 nitrogen and oxygen atoms in total. The van der Waals surface area contributed by atoms with Crippen molar-refractivity contribution in [2.75, 3.05) is 0 Å². The maximum absolute atomic E-state index is 13.1. The Morgan fingerprint density at radius 2 is 1.43 bits per heavy atom. The quantitative estimate of drug-likeness (QED) is 0.263. The minimum absolute atomic E-state index is 0.00110. The lowest BCUT2D eigenvalue weighted by Crippen LogP contribution is -2.57. The van der Waals surface area contributed by atoms with Gasteiger partial charge < -0.3 is 26.2 Å². The Balaban J connectivity index is 1.52. The highest BCUT2D eigenvalue weighted by Gasteiger charge is 2.30. The molecular formula is C29H29N3O5. The van der Waals surface area contributed by atoms with Gasteiger partial charge in [-0.25, -0.2) is 4.79 Å². The standard InChI is InChI=1S/C29H29N3O5/c1-18(33)26(32-29(36)37-17-19-9-3-2-4-10-19)28(35)31-25(27(30)34)16-24-22-13-7-5-11-20(22)15-21-12-6-8-14-23(21)24/h2-15,18,25-26,33H,16-17H2,1H3,(H2,30,34)(H,31,35)(H,32,36)/t18-,25+,26+/m1/s1. The lowest BCUT2D eigenvalue weighted by atomic mass is 9.92. The van der Waals surface area contributed by atoms with E-state index in [0.717, 1.165) is 32.7 Å². The van der Waals surface area contributed by atoms with E-state index in [2.05, 4.69) is 16.7 Å². The van der Waals surface area contributed by atoms with E-state index >= 15 is 0 Å². The minimum atomic E-state index is -1.35. The average molecular weight is 500 g/mol. The Labute approximate surface area is 214 Å². The average Bonchev–Trinajstić information content (AvgIpc) is 2.90. The van der Waals surface area contributed by atoms with E-state index < -0.39 is 36.1 Å². The van der Waals surface area contributed by atoms with E-state index in [1.54, 1.807) is 12.1 Å². The van der Waals surface area contributed by atoms with Crippen molar-refractivity contribution < 1.29 is 24.2 Å². The largest absolute Gasteiger partial charge is 0.445 e. The summed E-state index contributed by atoms with van der Waals surface area (Å²) in [6.07, 6.45) is -2.00. The molecule has 0 heterocycles. The van der Waals surface area contributed by atoms with Gasteiger partial charge in [-0.15, -0.1) is 0 Å². The van der Waals surface area contributed by atoms with Gasteiger partial charge in [0.1, 0.15) is 18.7 Å². The van der Waals surface area contributed by atoms with Crippen LogP contribution in [0.4, 0.5) is 4.79 Å². The third kappa shape index (κ3) is 6.23. The number of nitrogens with one attached hydrogen (secondary N) is 2. The summed E-state index contributed by atoms with van der Waals surface area (Å²) in [7, 11) is 0. The van der Waals surface area contributed by atoms with Crippen molar-refractivity contribution in [3.8, 4) is 0 Å². The number of fused-ring (bicyclic) bond motifs is 2. The van der Waals surface area contributed by atoms with Gasteiger partial charge in [0.2, 0.25) is 11.8 Å². The zero-order valence-corrected chi connectivity index (χ0v) is 20.4. The van der Waals surface area contributed by atoms with Crippen molar-refractivity contribution in [3.05, 3.63) is 96.1 Å². The molecule has 0 radical (unpaired) electrons. The third-order valence-electron chi connectivity index (χ3n) is 6.20. The van der Waals surface area contributed by atoms with E-state index in [0.29, 0.717) is 0 Å². The Bertz CT molecular complexity index is 1370. The predicted molar refractivity (Wildman–Crippen MR) is 142 cm³/mol. The topological polar surface area (TPSA) is 131 Å². The van der Waals surface area contributed by atoms with Gasteiger partial charge in [0, 0.05) is 6.42 Å². The molecule has 0 saturated carbocycles. The SMILES string of the molecule is C[C@@H](O)[C@H](NC(=O)OCc1ccccc1)C(=O)N[C@@H](Cc1c2ccccc2cc2ccccc12)C(N)=O. The number of hydrogen-bond donors (Lipinski definition) is 4. The molecule has 0 aromatic heterocycles. The molecule has 4 aromatic rings. The molecule has 190 valence electrons. The molecule has 0 aliphatic rings. The second kappa shape index (κ2) is 11.5. The molecule has 4 aromatic carbocycles. The first-order valence-electron chi connectivity index (χ1n) is 12.0. The van der Waals surface area contributed by atoms with Gasteiger partial charge in [0.15, 0.2) is 0 Å². The maximum Gasteiger partial charge on any atom is 0.408 e. The summed E-state index contributed by atoms with van der Waals surface area (Å²) in [4.78, 5) is 37.8. The second-order valence-corrected chi connectivity index (χ2v) is 8.89. The van der Waals surface area contributed by atoms with Crippen molar-refractivity contribution in [1.82, 2.24) is 10.6 Å². The molecule has 4 rings (SSSR count). The van der Waals surface area contributed by atoms with Gasteiger partial charge >= 0.3 is 6.09 Å². The molecule has 0 unspecified atom stereocenters. The molecular weight excluding hydrogens is 470 g/mol. The first-order valence-corrected chi connectivity index (χ1v) is 12.0. The van der Waals surface area contributed by atoms with Crippen LogP contribution >= 0.6 is 0 Å². The fourth-order valence-electron chi connectivity index (χ4n) is 4.31. The van der Waals surface area contributed by atoms with Crippen LogP contribution in [0.2, 0.25) is 0 Å². The lowest BCUT2D eigenvalue weighted by molar-refractivity contribution is -0.130. The van der Waals surface area contributed by atoms with Crippen LogP contribution in [0.5, 0.6) is 0 Å². The number of alkyl carbamates (subject to hydrolysis) is 1. The number of aliphatic hydroxyl groups excluding tert-OH is 1. The van der Waals surface area contributed by atoms with Crippen molar-refractivity contribution in [1.29, 1.82) is 0 Å². The van der Waals surface area contributed by atoms with Crippen molar-refractivity contribution in [2.24, 2.45) is 5.73 Å². The predicted octanol–water partition coefficient (Wildman–Crippen LogP) is 3.18. The number of carbonyl (C=O) groups is 3. The number of ether oxygens (including phenoxy) is 1. The zero-order chi connectivity index (χ0) is 26.4. The summed E-state index contributed by atoms with van der Waals surface area (Å²) in [5, 5.41) is 19.1. The van der Waals surface area contributed by atoms with E-state index in [9.17, 15) is 19.5 Å². The summed E-state index contributed by atoms with van der Waals surface area (Å²) in [6.45, 7) is 1.36. The summed E-state index contributed by atoms with van der Waals surface area (Å²) < 4.78 is 5.17. The van der Waals surface area contributed by atoms with E-state index in [4.69, 9.17) is 10.5 Å². The number of amides is 3. The molecule has 37 heavy (non-hydrogen) atoms. The van der Waals surface area contributed by atoms with Crippen LogP contribution in [0, 0.1) is 0 Å². The number of rotatable bonds is 9. The Hall–Kier alpha value is -4.43. The van der Waals surface area contributed by atoms with Gasteiger partial charge in [0.25, 0.3) is 0 Å². The van der Waals surface area contributed by atoms with Crippen LogP contribution in [0.1, 0.15) is 18.1 Å². The number of benzene rings is 4. The van der Waals surface area contributed by atoms with E-state index in [1.165, 1.54) is 6.92 Å². The fraction of sp³-hybridized carbons (Fsp3) is 0.207. The van der Waals surface area contributed by atoms with Gasteiger partial charge in [-0.3, -0.25) is 9.59 Å². The Morgan fingerprint density at radius 1 is 0.865 bits per heavy atom. The third-order valence-corrected chi connectivity index (χ3v) is 6.20.